The van der Waals surface area contributed by atoms with E-state index in [9.17, 15) is 4.79 Å². The Hall–Kier alpha value is -3.01. The highest BCUT2D eigenvalue weighted by Crippen LogP contribution is 2.28. The molecular weight excluding hydrogens is 478 g/mol. The van der Waals surface area contributed by atoms with Crippen molar-refractivity contribution in [3.05, 3.63) is 88.1 Å². The monoisotopic (exact) mass is 505 g/mol. The molecule has 180 valence electrons. The van der Waals surface area contributed by atoms with Crippen molar-refractivity contribution in [1.82, 2.24) is 24.6 Å². The van der Waals surface area contributed by atoms with Crippen LogP contribution >= 0.6 is 23.1 Å². The summed E-state index contributed by atoms with van der Waals surface area (Å²) in [6.45, 7) is 5.17. The molecule has 9 heteroatoms. The molecule has 2 aromatic carbocycles. The fourth-order valence-electron chi connectivity index (χ4n) is 4.23. The van der Waals surface area contributed by atoms with Crippen molar-refractivity contribution in [3.63, 3.8) is 0 Å². The Labute approximate surface area is 213 Å². The normalized spacial score (nSPS) is 18.1. The topological polar surface area (TPSA) is 73.1 Å². The van der Waals surface area contributed by atoms with Crippen LogP contribution in [-0.4, -0.2) is 55.9 Å². The second-order valence-electron chi connectivity index (χ2n) is 8.61. The number of rotatable bonds is 7. The highest BCUT2D eigenvalue weighted by molar-refractivity contribution is 7.98. The number of ether oxygens (including phenoxy) is 1. The van der Waals surface area contributed by atoms with Crippen molar-refractivity contribution >= 4 is 29.0 Å². The van der Waals surface area contributed by atoms with Crippen LogP contribution in [0, 0.1) is 0 Å². The lowest BCUT2D eigenvalue weighted by atomic mass is 10.1. The molecule has 2 aromatic heterocycles. The molecule has 1 amide bonds. The van der Waals surface area contributed by atoms with Crippen LogP contribution in [0.5, 0.6) is 0 Å². The van der Waals surface area contributed by atoms with Crippen LogP contribution in [0.15, 0.2) is 71.2 Å². The molecule has 2 unspecified atom stereocenters. The molecule has 1 aliphatic heterocycles. The van der Waals surface area contributed by atoms with Gasteiger partial charge in [0.05, 0.1) is 18.0 Å². The summed E-state index contributed by atoms with van der Waals surface area (Å²) in [4.78, 5) is 19.5. The first-order chi connectivity index (χ1) is 17.1. The zero-order valence-electron chi connectivity index (χ0n) is 19.7. The van der Waals surface area contributed by atoms with E-state index >= 15 is 0 Å². The molecule has 0 saturated carbocycles. The molecule has 7 nitrogen and oxygen atoms in total. The molecule has 0 radical (unpaired) electrons. The smallest absolute Gasteiger partial charge is 0.273 e. The molecule has 1 fully saturated rings. The highest BCUT2D eigenvalue weighted by atomic mass is 32.2. The molecule has 1 aliphatic rings. The minimum atomic E-state index is -0.0305. The van der Waals surface area contributed by atoms with E-state index in [1.165, 1.54) is 16.9 Å². The van der Waals surface area contributed by atoms with Crippen LogP contribution in [0.1, 0.15) is 40.7 Å². The summed E-state index contributed by atoms with van der Waals surface area (Å²) < 4.78 is 7.86. The number of amides is 1. The molecule has 4 aromatic rings. The van der Waals surface area contributed by atoms with Crippen molar-refractivity contribution in [1.29, 1.82) is 0 Å². The molecule has 2 atom stereocenters. The fraction of sp³-hybridized carbons (Fsp3) is 0.308. The first-order valence-electron chi connectivity index (χ1n) is 11.6. The first-order valence-corrected chi connectivity index (χ1v) is 13.5. The predicted molar refractivity (Wildman–Crippen MR) is 138 cm³/mol. The quantitative estimate of drug-likeness (QED) is 0.334. The molecule has 0 bridgehead atoms. The van der Waals surface area contributed by atoms with Gasteiger partial charge < -0.3 is 9.64 Å². The van der Waals surface area contributed by atoms with E-state index in [-0.39, 0.29) is 18.1 Å². The van der Waals surface area contributed by atoms with Crippen molar-refractivity contribution in [2.45, 2.75) is 43.4 Å². The van der Waals surface area contributed by atoms with Gasteiger partial charge in [-0.15, -0.1) is 21.5 Å². The van der Waals surface area contributed by atoms with Gasteiger partial charge in [0.2, 0.25) is 0 Å². The Balaban J connectivity index is 1.32. The van der Waals surface area contributed by atoms with Gasteiger partial charge in [-0.1, -0.05) is 60.3 Å². The molecule has 5 rings (SSSR count). The van der Waals surface area contributed by atoms with Gasteiger partial charge in [-0.3, -0.25) is 9.36 Å². The van der Waals surface area contributed by atoms with Gasteiger partial charge in [0.25, 0.3) is 5.91 Å². The standard InChI is InChI=1S/C26H27N5O2S2/c1-18-14-30(15-19(2)33-18)25(32)22-16-34-24(27-22)17-35-26-29-28-23(13-20-9-5-3-6-10-20)31(26)21-11-7-4-8-12-21/h3-12,16,18-19H,13-15,17H2,1-2H3. The molecule has 3 heterocycles. The lowest BCUT2D eigenvalue weighted by Crippen LogP contribution is -2.48. The van der Waals surface area contributed by atoms with Gasteiger partial charge in [-0.05, 0) is 31.5 Å². The number of thiazole rings is 1. The Morgan fingerprint density at radius 2 is 1.71 bits per heavy atom. The van der Waals surface area contributed by atoms with Crippen molar-refractivity contribution in [2.75, 3.05) is 13.1 Å². The lowest BCUT2D eigenvalue weighted by molar-refractivity contribution is -0.0587. The minimum Gasteiger partial charge on any atom is -0.372 e. The number of morpholine rings is 1. The third-order valence-electron chi connectivity index (χ3n) is 5.72. The molecule has 35 heavy (non-hydrogen) atoms. The Bertz CT molecular complexity index is 1270. The summed E-state index contributed by atoms with van der Waals surface area (Å²) in [5.41, 5.74) is 2.71. The molecule has 0 spiro atoms. The molecular formula is C26H27N5O2S2. The molecule has 0 aliphatic carbocycles. The van der Waals surface area contributed by atoms with Gasteiger partial charge in [0.1, 0.15) is 16.5 Å². The lowest BCUT2D eigenvalue weighted by Gasteiger charge is -2.34. The third-order valence-corrected chi connectivity index (χ3v) is 7.69. The van der Waals surface area contributed by atoms with E-state index in [1.54, 1.807) is 11.8 Å². The first kappa shape index (κ1) is 23.7. The fourth-order valence-corrected chi connectivity index (χ4v) is 5.99. The van der Waals surface area contributed by atoms with Crippen LogP contribution in [0.3, 0.4) is 0 Å². The number of benzene rings is 2. The maximum atomic E-state index is 13.0. The average Bonchev–Trinajstić information content (AvgIpc) is 3.50. The highest BCUT2D eigenvalue weighted by Gasteiger charge is 2.28. The maximum Gasteiger partial charge on any atom is 0.273 e. The average molecular weight is 506 g/mol. The van der Waals surface area contributed by atoms with E-state index in [1.807, 2.05) is 60.5 Å². The third kappa shape index (κ3) is 5.63. The van der Waals surface area contributed by atoms with Gasteiger partial charge in [0.15, 0.2) is 5.16 Å². The second-order valence-corrected chi connectivity index (χ2v) is 10.5. The number of thioether (sulfide) groups is 1. The van der Waals surface area contributed by atoms with Crippen LogP contribution in [0.25, 0.3) is 5.69 Å². The van der Waals surface area contributed by atoms with Gasteiger partial charge in [-0.2, -0.15) is 0 Å². The van der Waals surface area contributed by atoms with Gasteiger partial charge in [-0.25, -0.2) is 4.98 Å². The molecule has 1 saturated heterocycles. The predicted octanol–water partition coefficient (Wildman–Crippen LogP) is 4.86. The van der Waals surface area contributed by atoms with Gasteiger partial charge >= 0.3 is 0 Å². The number of aromatic nitrogens is 4. The SMILES string of the molecule is CC1CN(C(=O)c2csc(CSc3nnc(Cc4ccccc4)n3-c3ccccc3)n2)CC(C)O1. The summed E-state index contributed by atoms with van der Waals surface area (Å²) in [6, 6.07) is 20.4. The molecule has 0 N–H and O–H groups in total. The van der Waals surface area contributed by atoms with E-state index in [0.717, 1.165) is 21.7 Å². The maximum absolute atomic E-state index is 13.0. The summed E-state index contributed by atoms with van der Waals surface area (Å²) in [5.74, 6) is 1.47. The Kier molecular flexibility index (Phi) is 7.26. The van der Waals surface area contributed by atoms with Crippen LogP contribution in [0.2, 0.25) is 0 Å². The number of para-hydroxylation sites is 1. The van der Waals surface area contributed by atoms with Crippen LogP contribution < -0.4 is 0 Å². The summed E-state index contributed by atoms with van der Waals surface area (Å²) >= 11 is 3.09. The van der Waals surface area contributed by atoms with E-state index < -0.39 is 0 Å². The Morgan fingerprint density at radius 3 is 2.43 bits per heavy atom. The zero-order chi connectivity index (χ0) is 24.2. The van der Waals surface area contributed by atoms with Crippen molar-refractivity contribution < 1.29 is 9.53 Å². The summed E-state index contributed by atoms with van der Waals surface area (Å²) in [6.07, 6.45) is 0.756. The van der Waals surface area contributed by atoms with E-state index in [4.69, 9.17) is 4.74 Å². The summed E-state index contributed by atoms with van der Waals surface area (Å²) in [7, 11) is 0. The van der Waals surface area contributed by atoms with E-state index in [0.29, 0.717) is 31.0 Å². The largest absolute Gasteiger partial charge is 0.372 e. The van der Waals surface area contributed by atoms with Crippen LogP contribution in [0.4, 0.5) is 0 Å². The van der Waals surface area contributed by atoms with Crippen LogP contribution in [-0.2, 0) is 16.9 Å². The Morgan fingerprint density at radius 1 is 1.03 bits per heavy atom. The van der Waals surface area contributed by atoms with Crippen molar-refractivity contribution in [2.24, 2.45) is 0 Å². The zero-order valence-corrected chi connectivity index (χ0v) is 21.3. The number of carbonyl (C=O) groups excluding carboxylic acids is 1. The number of nitrogens with zero attached hydrogens (tertiary/aromatic N) is 5. The number of carbonyl (C=O) groups is 1. The summed E-state index contributed by atoms with van der Waals surface area (Å²) in [5, 5.41) is 12.6. The number of hydrogen-bond donors (Lipinski definition) is 0. The second kappa shape index (κ2) is 10.7. The minimum absolute atomic E-state index is 0.0305. The number of hydrogen-bond acceptors (Lipinski definition) is 7. The van der Waals surface area contributed by atoms with Gasteiger partial charge in [0, 0.05) is 30.6 Å². The van der Waals surface area contributed by atoms with E-state index in [2.05, 4.69) is 44.0 Å². The van der Waals surface area contributed by atoms with Crippen molar-refractivity contribution in [3.8, 4) is 5.69 Å².